The molecule has 3 nitrogen and oxygen atoms in total. The molecule has 1 aliphatic heterocycles. The maximum Gasteiger partial charge on any atom is 0.200 e. The summed E-state index contributed by atoms with van der Waals surface area (Å²) in [5.41, 5.74) is 3.33. The van der Waals surface area contributed by atoms with E-state index in [4.69, 9.17) is 9.73 Å². The molecule has 0 saturated carbocycles. The maximum atomic E-state index is 5.94. The molecule has 0 N–H and O–H groups in total. The third-order valence-corrected chi connectivity index (χ3v) is 5.73. The van der Waals surface area contributed by atoms with E-state index < -0.39 is 5.54 Å². The molecule has 3 aromatic carbocycles. The highest BCUT2D eigenvalue weighted by atomic mass is 16.5. The lowest BCUT2D eigenvalue weighted by Crippen LogP contribution is -2.57. The van der Waals surface area contributed by atoms with E-state index in [1.54, 1.807) is 0 Å². The lowest BCUT2D eigenvalue weighted by molar-refractivity contribution is 0.116. The first-order chi connectivity index (χ1) is 14.3. The van der Waals surface area contributed by atoms with Gasteiger partial charge in [0.15, 0.2) is 0 Å². The van der Waals surface area contributed by atoms with Gasteiger partial charge in [0.05, 0.1) is 24.7 Å². The molecule has 0 spiro atoms. The summed E-state index contributed by atoms with van der Waals surface area (Å²) >= 11 is 0. The molecule has 0 radical (unpaired) electrons. The summed E-state index contributed by atoms with van der Waals surface area (Å²) in [5, 5.41) is 0. The average molecular weight is 385 g/mol. The van der Waals surface area contributed by atoms with Crippen LogP contribution in [-0.4, -0.2) is 36.5 Å². The monoisotopic (exact) mass is 384 g/mol. The van der Waals surface area contributed by atoms with E-state index in [9.17, 15) is 0 Å². The fraction of sp³-hybridized carbons (Fsp3) is 0.269. The molecule has 0 amide bonds. The van der Waals surface area contributed by atoms with Crippen molar-refractivity contribution in [3.8, 4) is 0 Å². The molecule has 148 valence electrons. The second kappa shape index (κ2) is 8.62. The third-order valence-electron chi connectivity index (χ3n) is 5.73. The zero-order valence-corrected chi connectivity index (χ0v) is 17.2. The molecule has 0 saturated heterocycles. The topological polar surface area (TPSA) is 24.8 Å². The highest BCUT2D eigenvalue weighted by molar-refractivity contribution is 5.82. The Kier molecular flexibility index (Phi) is 5.77. The fourth-order valence-corrected chi connectivity index (χ4v) is 4.53. The number of aliphatic imine (C=N–C) groups is 1. The summed E-state index contributed by atoms with van der Waals surface area (Å²) < 4.78 is 5.94. The molecule has 3 aromatic rings. The largest absolute Gasteiger partial charge is 0.480 e. The van der Waals surface area contributed by atoms with Gasteiger partial charge in [-0.2, -0.15) is 0 Å². The van der Waals surface area contributed by atoms with Crippen molar-refractivity contribution in [3.05, 3.63) is 108 Å². The number of hydrogen-bond acceptors (Lipinski definition) is 3. The van der Waals surface area contributed by atoms with Gasteiger partial charge in [-0.15, -0.1) is 0 Å². The van der Waals surface area contributed by atoms with Crippen LogP contribution in [0.1, 0.15) is 30.5 Å². The molecule has 0 unspecified atom stereocenters. The quantitative estimate of drug-likeness (QED) is 0.571. The molecular formula is C26H28N2O. The smallest absolute Gasteiger partial charge is 0.200 e. The lowest BCUT2D eigenvalue weighted by atomic mass is 9.74. The van der Waals surface area contributed by atoms with Crippen LogP contribution in [0.25, 0.3) is 0 Å². The molecule has 0 aromatic heterocycles. The van der Waals surface area contributed by atoms with Gasteiger partial charge in [0, 0.05) is 6.54 Å². The Balaban J connectivity index is 2.00. The first-order valence-corrected chi connectivity index (χ1v) is 10.4. The molecule has 1 heterocycles. The Hall–Kier alpha value is -2.91. The standard InChI is InChI=1S/C26H28N2O/c1-3-29-25-21(2)28(20-19-27-25)26(22-13-7-4-8-14-22,23-15-9-5-10-16-23)24-17-11-6-12-18-24/h4-18,21H,3,19-20H2,1-2H3/t21-/m1/s1. The minimum atomic E-state index is -0.429. The van der Waals surface area contributed by atoms with Crippen molar-refractivity contribution in [3.63, 3.8) is 0 Å². The van der Waals surface area contributed by atoms with Crippen LogP contribution in [0.3, 0.4) is 0 Å². The highest BCUT2D eigenvalue weighted by Crippen LogP contribution is 2.44. The Morgan fingerprint density at radius 3 is 1.69 bits per heavy atom. The van der Waals surface area contributed by atoms with Gasteiger partial charge in [-0.1, -0.05) is 91.0 Å². The van der Waals surface area contributed by atoms with Crippen molar-refractivity contribution < 1.29 is 4.74 Å². The average Bonchev–Trinajstić information content (AvgIpc) is 2.79. The molecule has 4 rings (SSSR count). The summed E-state index contributed by atoms with van der Waals surface area (Å²) in [7, 11) is 0. The van der Waals surface area contributed by atoms with Crippen LogP contribution in [0.2, 0.25) is 0 Å². The van der Waals surface area contributed by atoms with Crippen molar-refractivity contribution in [2.75, 3.05) is 19.7 Å². The van der Waals surface area contributed by atoms with Gasteiger partial charge in [0.1, 0.15) is 0 Å². The third kappa shape index (κ3) is 3.47. The minimum absolute atomic E-state index is 0.0596. The SMILES string of the molecule is CCOC1=NCCN(C(c2ccccc2)(c2ccccc2)c2ccccc2)[C@@H]1C. The van der Waals surface area contributed by atoms with Crippen LogP contribution in [0, 0.1) is 0 Å². The van der Waals surface area contributed by atoms with Crippen molar-refractivity contribution >= 4 is 5.90 Å². The van der Waals surface area contributed by atoms with E-state index in [2.05, 4.69) is 103 Å². The van der Waals surface area contributed by atoms with Gasteiger partial charge in [0.2, 0.25) is 5.90 Å². The van der Waals surface area contributed by atoms with Gasteiger partial charge in [-0.25, -0.2) is 0 Å². The van der Waals surface area contributed by atoms with Crippen LogP contribution in [0.15, 0.2) is 96.0 Å². The second-order valence-electron chi connectivity index (χ2n) is 7.33. The van der Waals surface area contributed by atoms with E-state index in [-0.39, 0.29) is 6.04 Å². The molecule has 0 fully saturated rings. The van der Waals surface area contributed by atoms with E-state index in [1.807, 2.05) is 6.92 Å². The molecule has 0 aliphatic carbocycles. The van der Waals surface area contributed by atoms with Crippen molar-refractivity contribution in [1.29, 1.82) is 0 Å². The predicted octanol–water partition coefficient (Wildman–Crippen LogP) is 5.12. The maximum absolute atomic E-state index is 5.94. The van der Waals surface area contributed by atoms with Gasteiger partial charge < -0.3 is 4.74 Å². The predicted molar refractivity (Wildman–Crippen MR) is 119 cm³/mol. The molecule has 0 bridgehead atoms. The number of ether oxygens (including phenoxy) is 1. The number of benzene rings is 3. The summed E-state index contributed by atoms with van der Waals surface area (Å²) in [6.45, 7) is 6.45. The summed E-state index contributed by atoms with van der Waals surface area (Å²) in [6, 6.07) is 32.5. The van der Waals surface area contributed by atoms with Gasteiger partial charge in [-0.05, 0) is 30.5 Å². The zero-order valence-electron chi connectivity index (χ0n) is 17.2. The first kappa shape index (κ1) is 19.4. The fourth-order valence-electron chi connectivity index (χ4n) is 4.53. The number of rotatable bonds is 5. The van der Waals surface area contributed by atoms with Gasteiger partial charge in [0.25, 0.3) is 0 Å². The second-order valence-corrected chi connectivity index (χ2v) is 7.33. The van der Waals surface area contributed by atoms with Crippen LogP contribution >= 0.6 is 0 Å². The van der Waals surface area contributed by atoms with E-state index in [0.717, 1.165) is 19.0 Å². The van der Waals surface area contributed by atoms with Crippen molar-refractivity contribution in [1.82, 2.24) is 4.90 Å². The number of hydrogen-bond donors (Lipinski definition) is 0. The van der Waals surface area contributed by atoms with Gasteiger partial charge >= 0.3 is 0 Å². The Morgan fingerprint density at radius 1 is 0.828 bits per heavy atom. The molecular weight excluding hydrogens is 356 g/mol. The van der Waals surface area contributed by atoms with E-state index >= 15 is 0 Å². The van der Waals surface area contributed by atoms with E-state index in [1.165, 1.54) is 16.7 Å². The minimum Gasteiger partial charge on any atom is -0.480 e. The Morgan fingerprint density at radius 2 is 1.28 bits per heavy atom. The molecule has 1 aliphatic rings. The Labute approximate surface area is 173 Å². The zero-order chi connectivity index (χ0) is 20.1. The van der Waals surface area contributed by atoms with Crippen LogP contribution in [-0.2, 0) is 10.3 Å². The van der Waals surface area contributed by atoms with Gasteiger partial charge in [-0.3, -0.25) is 9.89 Å². The summed E-state index contributed by atoms with van der Waals surface area (Å²) in [6.07, 6.45) is 0. The van der Waals surface area contributed by atoms with E-state index in [0.29, 0.717) is 6.61 Å². The van der Waals surface area contributed by atoms with Crippen molar-refractivity contribution in [2.24, 2.45) is 4.99 Å². The van der Waals surface area contributed by atoms with Crippen molar-refractivity contribution in [2.45, 2.75) is 25.4 Å². The first-order valence-electron chi connectivity index (χ1n) is 10.4. The summed E-state index contributed by atoms with van der Waals surface area (Å²) in [5.74, 6) is 0.825. The van der Waals surface area contributed by atoms with Crippen LogP contribution in [0.5, 0.6) is 0 Å². The normalized spacial score (nSPS) is 17.6. The number of nitrogens with zero attached hydrogens (tertiary/aromatic N) is 2. The molecule has 1 atom stereocenters. The molecule has 3 heteroatoms. The molecule has 29 heavy (non-hydrogen) atoms. The van der Waals surface area contributed by atoms with Crippen LogP contribution < -0.4 is 0 Å². The lowest BCUT2D eigenvalue weighted by Gasteiger charge is -2.49. The Bertz CT molecular complexity index is 842. The highest BCUT2D eigenvalue weighted by Gasteiger charge is 2.46. The van der Waals surface area contributed by atoms with Crippen LogP contribution in [0.4, 0.5) is 0 Å². The summed E-state index contributed by atoms with van der Waals surface area (Å²) in [4.78, 5) is 7.24.